The quantitative estimate of drug-likeness (QED) is 0.815. The van der Waals surface area contributed by atoms with Gasteiger partial charge in [-0.15, -0.1) is 0 Å². The number of benzene rings is 1. The van der Waals surface area contributed by atoms with Crippen molar-refractivity contribution in [1.82, 2.24) is 0 Å². The monoisotopic (exact) mass is 238 g/mol. The first-order chi connectivity index (χ1) is 7.27. The lowest BCUT2D eigenvalue weighted by atomic mass is 10.4. The molecule has 0 fully saturated rings. The van der Waals surface area contributed by atoms with Crippen molar-refractivity contribution in [2.45, 2.75) is 45.6 Å². The molecule has 0 amide bonds. The maximum atomic E-state index is 10.4. The van der Waals surface area contributed by atoms with Gasteiger partial charge in [0, 0.05) is 6.10 Å². The van der Waals surface area contributed by atoms with Crippen LogP contribution in [-0.4, -0.2) is 24.8 Å². The lowest BCUT2D eigenvalue weighted by Gasteiger charge is -2.39. The fraction of sp³-hybridized carbons (Fsp3) is 0.538. The van der Waals surface area contributed by atoms with Gasteiger partial charge in [-0.3, -0.25) is 0 Å². The Morgan fingerprint density at radius 3 is 2.06 bits per heavy atom. The predicted octanol–water partition coefficient (Wildman–Crippen LogP) is 2.20. The Morgan fingerprint density at radius 1 is 1.19 bits per heavy atom. The summed E-state index contributed by atoms with van der Waals surface area (Å²) >= 11 is 0. The molecule has 0 aliphatic heterocycles. The molecule has 0 spiro atoms. The van der Waals surface area contributed by atoms with Crippen LogP contribution in [0.15, 0.2) is 30.3 Å². The van der Waals surface area contributed by atoms with Crippen LogP contribution in [0.5, 0.6) is 0 Å². The molecule has 0 aliphatic rings. The minimum absolute atomic E-state index is 0.128. The van der Waals surface area contributed by atoms with Crippen molar-refractivity contribution in [3.8, 4) is 0 Å². The Bertz CT molecular complexity index is 330. The van der Waals surface area contributed by atoms with Gasteiger partial charge < -0.3 is 9.53 Å². The summed E-state index contributed by atoms with van der Waals surface area (Å²) < 4.78 is 6.08. The third-order valence-corrected chi connectivity index (χ3v) is 7.68. The van der Waals surface area contributed by atoms with Crippen LogP contribution in [0.3, 0.4) is 0 Å². The van der Waals surface area contributed by atoms with Crippen LogP contribution in [0, 0.1) is 0 Å². The first-order valence-electron chi connectivity index (χ1n) is 5.73. The molecule has 2 nitrogen and oxygen atoms in total. The highest BCUT2D eigenvalue weighted by atomic mass is 28.4. The molecular formula is C13H22O2Si. The van der Waals surface area contributed by atoms with Crippen molar-refractivity contribution in [3.05, 3.63) is 30.3 Å². The molecule has 0 radical (unpaired) electrons. The Balaban J connectivity index is 3.16. The number of hydrogen-bond acceptors (Lipinski definition) is 2. The molecular weight excluding hydrogens is 216 g/mol. The maximum absolute atomic E-state index is 10.4. The summed E-state index contributed by atoms with van der Waals surface area (Å²) in [6.45, 7) is 9.78. The van der Waals surface area contributed by atoms with Gasteiger partial charge in [0.15, 0.2) is 0 Å². The zero-order chi connectivity index (χ0) is 12.4. The van der Waals surface area contributed by atoms with Gasteiger partial charge in [-0.25, -0.2) is 0 Å². The molecule has 0 aromatic heterocycles. The summed E-state index contributed by atoms with van der Waals surface area (Å²) in [5, 5.41) is 10.7. The van der Waals surface area contributed by atoms with Gasteiger partial charge in [0.25, 0.3) is 8.32 Å². The Labute approximate surface area is 99.4 Å². The van der Waals surface area contributed by atoms with Crippen LogP contribution < -0.4 is 5.19 Å². The Morgan fingerprint density at radius 2 is 1.69 bits per heavy atom. The maximum Gasteiger partial charge on any atom is 0.251 e. The molecule has 0 heterocycles. The Hall–Kier alpha value is -0.643. The molecule has 0 bridgehead atoms. The van der Waals surface area contributed by atoms with E-state index in [-0.39, 0.29) is 6.10 Å². The standard InChI is InChI=1S/C13H22O2Si/c1-11(2)15-16(5,13(3,4)14)12-9-7-6-8-10-12/h6-11,14H,1-5H3. The third-order valence-electron chi connectivity index (χ3n) is 2.96. The normalized spacial score (nSPS) is 16.2. The summed E-state index contributed by atoms with van der Waals surface area (Å²) in [5.41, 5.74) is 0. The number of rotatable bonds is 4. The summed E-state index contributed by atoms with van der Waals surface area (Å²) in [5.74, 6) is 0. The zero-order valence-corrected chi connectivity index (χ0v) is 11.8. The predicted molar refractivity (Wildman–Crippen MR) is 70.2 cm³/mol. The van der Waals surface area contributed by atoms with Crippen molar-refractivity contribution in [2.24, 2.45) is 0 Å². The fourth-order valence-corrected chi connectivity index (χ4v) is 4.70. The first kappa shape index (κ1) is 13.4. The highest BCUT2D eigenvalue weighted by Crippen LogP contribution is 2.22. The fourth-order valence-electron chi connectivity index (χ4n) is 1.79. The van der Waals surface area contributed by atoms with Crippen molar-refractivity contribution >= 4 is 13.5 Å². The highest BCUT2D eigenvalue weighted by Gasteiger charge is 2.46. The average molecular weight is 238 g/mol. The molecule has 0 saturated carbocycles. The largest absolute Gasteiger partial charge is 0.407 e. The number of aliphatic hydroxyl groups is 1. The minimum Gasteiger partial charge on any atom is -0.407 e. The molecule has 90 valence electrons. The second-order valence-corrected chi connectivity index (χ2v) is 9.23. The van der Waals surface area contributed by atoms with Crippen molar-refractivity contribution < 1.29 is 9.53 Å². The van der Waals surface area contributed by atoms with Gasteiger partial charge in [-0.2, -0.15) is 0 Å². The second-order valence-electron chi connectivity index (χ2n) is 5.12. The van der Waals surface area contributed by atoms with E-state index in [2.05, 4.69) is 6.55 Å². The van der Waals surface area contributed by atoms with Gasteiger partial charge in [0.1, 0.15) is 0 Å². The van der Waals surface area contributed by atoms with Crippen LogP contribution in [-0.2, 0) is 4.43 Å². The van der Waals surface area contributed by atoms with Gasteiger partial charge in [-0.05, 0) is 39.4 Å². The molecule has 1 unspecified atom stereocenters. The molecule has 1 aromatic rings. The van der Waals surface area contributed by atoms with E-state index in [4.69, 9.17) is 4.43 Å². The molecule has 1 N–H and O–H groups in total. The Kier molecular flexibility index (Phi) is 3.94. The summed E-state index contributed by atoms with van der Waals surface area (Å²) in [7, 11) is -2.33. The van der Waals surface area contributed by atoms with E-state index in [0.717, 1.165) is 5.19 Å². The van der Waals surface area contributed by atoms with Gasteiger partial charge in [-0.1, -0.05) is 30.3 Å². The van der Waals surface area contributed by atoms with E-state index in [1.165, 1.54) is 0 Å². The van der Waals surface area contributed by atoms with Crippen LogP contribution in [0.1, 0.15) is 27.7 Å². The van der Waals surface area contributed by atoms with E-state index in [9.17, 15) is 5.11 Å². The molecule has 0 aliphatic carbocycles. The second kappa shape index (κ2) is 4.70. The molecule has 0 saturated heterocycles. The molecule has 16 heavy (non-hydrogen) atoms. The highest BCUT2D eigenvalue weighted by molar-refractivity contribution is 6.87. The van der Waals surface area contributed by atoms with Crippen LogP contribution in [0.25, 0.3) is 0 Å². The molecule has 1 atom stereocenters. The van der Waals surface area contributed by atoms with Crippen molar-refractivity contribution in [1.29, 1.82) is 0 Å². The van der Waals surface area contributed by atoms with Crippen LogP contribution in [0.4, 0.5) is 0 Å². The van der Waals surface area contributed by atoms with Gasteiger partial charge in [0.05, 0.1) is 5.22 Å². The van der Waals surface area contributed by atoms with E-state index in [1.54, 1.807) is 0 Å². The van der Waals surface area contributed by atoms with Crippen LogP contribution in [0.2, 0.25) is 6.55 Å². The molecule has 3 heteroatoms. The van der Waals surface area contributed by atoms with Crippen molar-refractivity contribution in [3.63, 3.8) is 0 Å². The van der Waals surface area contributed by atoms with E-state index in [0.29, 0.717) is 0 Å². The molecule has 1 rings (SSSR count). The average Bonchev–Trinajstić information content (AvgIpc) is 2.16. The van der Waals surface area contributed by atoms with Crippen LogP contribution >= 0.6 is 0 Å². The summed E-state index contributed by atoms with van der Waals surface area (Å²) in [6.07, 6.45) is 0.128. The van der Waals surface area contributed by atoms with E-state index in [1.807, 2.05) is 58.0 Å². The molecule has 1 aromatic carbocycles. The SMILES string of the molecule is CC(C)O[Si](C)(c1ccccc1)C(C)(C)O. The van der Waals surface area contributed by atoms with E-state index >= 15 is 0 Å². The van der Waals surface area contributed by atoms with Gasteiger partial charge in [0.2, 0.25) is 0 Å². The minimum atomic E-state index is -2.33. The first-order valence-corrected chi connectivity index (χ1v) is 8.14. The lowest BCUT2D eigenvalue weighted by Crippen LogP contribution is -2.64. The van der Waals surface area contributed by atoms with E-state index < -0.39 is 13.5 Å². The lowest BCUT2D eigenvalue weighted by molar-refractivity contribution is 0.109. The van der Waals surface area contributed by atoms with Crippen molar-refractivity contribution in [2.75, 3.05) is 0 Å². The third kappa shape index (κ3) is 2.73. The smallest absolute Gasteiger partial charge is 0.251 e. The summed E-state index contributed by atoms with van der Waals surface area (Å²) in [4.78, 5) is 0. The number of hydrogen-bond donors (Lipinski definition) is 1. The topological polar surface area (TPSA) is 29.5 Å². The summed E-state index contributed by atoms with van der Waals surface area (Å²) in [6, 6.07) is 10.1. The van der Waals surface area contributed by atoms with Gasteiger partial charge >= 0.3 is 0 Å². The zero-order valence-electron chi connectivity index (χ0n) is 10.8.